The first-order chi connectivity index (χ1) is 17.2. The molecule has 0 saturated carbocycles. The van der Waals surface area contributed by atoms with Crippen LogP contribution in [0.4, 0.5) is 0 Å². The molecule has 10 heteroatoms. The number of rotatable bonds is 11. The summed E-state index contributed by atoms with van der Waals surface area (Å²) in [5.74, 6) is -1.64. The summed E-state index contributed by atoms with van der Waals surface area (Å²) in [6.45, 7) is 17.1. The molecule has 0 atom stereocenters. The van der Waals surface area contributed by atoms with Crippen molar-refractivity contribution in [1.82, 2.24) is 19.8 Å². The summed E-state index contributed by atoms with van der Waals surface area (Å²) in [7, 11) is 0. The lowest BCUT2D eigenvalue weighted by molar-refractivity contribution is -0.201. The van der Waals surface area contributed by atoms with E-state index in [1.54, 1.807) is 0 Å². The quantitative estimate of drug-likeness (QED) is 0.384. The van der Waals surface area contributed by atoms with Crippen molar-refractivity contribution in [2.75, 3.05) is 32.7 Å². The third-order valence-corrected chi connectivity index (χ3v) is 7.44. The molecule has 0 aromatic carbocycles. The van der Waals surface area contributed by atoms with Crippen LogP contribution in [-0.2, 0) is 28.8 Å². The van der Waals surface area contributed by atoms with Crippen LogP contribution in [0, 0.1) is 5.92 Å². The minimum atomic E-state index is -0.530. The van der Waals surface area contributed by atoms with Gasteiger partial charge in [-0.15, -0.1) is 5.06 Å². The Morgan fingerprint density at radius 2 is 1.38 bits per heavy atom. The zero-order valence-corrected chi connectivity index (χ0v) is 23.8. The van der Waals surface area contributed by atoms with Gasteiger partial charge in [0.15, 0.2) is 0 Å². The lowest BCUT2D eigenvalue weighted by Gasteiger charge is -2.43. The third kappa shape index (κ3) is 8.25. The SMILES string of the molecule is CCC(=O)N(CCC(C)(C)N(CCN1CCC(C(=O)ON2C(=O)CCC2=O)CC1)C(=O)CC)C(C)(C)C. The maximum absolute atomic E-state index is 12.9. The molecule has 0 radical (unpaired) electrons. The number of amides is 4. The van der Waals surface area contributed by atoms with Crippen LogP contribution < -0.4 is 0 Å². The van der Waals surface area contributed by atoms with Crippen LogP contribution in [0.1, 0.15) is 93.4 Å². The third-order valence-electron chi connectivity index (χ3n) is 7.44. The van der Waals surface area contributed by atoms with Crippen molar-refractivity contribution >= 4 is 29.6 Å². The zero-order chi connectivity index (χ0) is 28.0. The Kier molecular flexibility index (Phi) is 10.7. The van der Waals surface area contributed by atoms with Crippen molar-refractivity contribution in [3.05, 3.63) is 0 Å². The largest absolute Gasteiger partial charge is 0.338 e. The lowest BCUT2D eigenvalue weighted by Crippen LogP contribution is -2.54. The number of imide groups is 1. The Hall–Kier alpha value is -2.49. The smallest absolute Gasteiger partial charge is 0.336 e. The van der Waals surface area contributed by atoms with Gasteiger partial charge in [-0.1, -0.05) is 13.8 Å². The van der Waals surface area contributed by atoms with E-state index in [4.69, 9.17) is 4.84 Å². The molecule has 2 aliphatic rings. The van der Waals surface area contributed by atoms with Crippen LogP contribution >= 0.6 is 0 Å². The minimum Gasteiger partial charge on any atom is -0.338 e. The molecule has 0 aromatic heterocycles. The molecule has 0 aliphatic carbocycles. The van der Waals surface area contributed by atoms with Crippen LogP contribution in [0.5, 0.6) is 0 Å². The molecule has 210 valence electrons. The van der Waals surface area contributed by atoms with E-state index in [1.807, 2.05) is 44.4 Å². The highest BCUT2D eigenvalue weighted by molar-refractivity contribution is 6.01. The summed E-state index contributed by atoms with van der Waals surface area (Å²) in [6, 6.07) is 0. The number of carbonyl (C=O) groups excluding carboxylic acids is 5. The second kappa shape index (κ2) is 12.8. The van der Waals surface area contributed by atoms with Crippen LogP contribution in [0.25, 0.3) is 0 Å². The van der Waals surface area contributed by atoms with Crippen molar-refractivity contribution in [2.24, 2.45) is 5.92 Å². The van der Waals surface area contributed by atoms with Gasteiger partial charge in [0.25, 0.3) is 11.8 Å². The highest BCUT2D eigenvalue weighted by Gasteiger charge is 2.37. The predicted molar refractivity (Wildman–Crippen MR) is 139 cm³/mol. The summed E-state index contributed by atoms with van der Waals surface area (Å²) in [5, 5.41) is 0.611. The number of likely N-dealkylation sites (tertiary alicyclic amines) is 1. The van der Waals surface area contributed by atoms with E-state index < -0.39 is 23.3 Å². The predicted octanol–water partition coefficient (Wildman–Crippen LogP) is 2.75. The average Bonchev–Trinajstić information content (AvgIpc) is 3.15. The monoisotopic (exact) mass is 522 g/mol. The average molecular weight is 523 g/mol. The Morgan fingerprint density at radius 3 is 1.86 bits per heavy atom. The molecule has 0 bridgehead atoms. The highest BCUT2D eigenvalue weighted by Crippen LogP contribution is 2.25. The molecule has 2 fully saturated rings. The van der Waals surface area contributed by atoms with E-state index >= 15 is 0 Å². The van der Waals surface area contributed by atoms with E-state index in [-0.39, 0.29) is 36.1 Å². The van der Waals surface area contributed by atoms with E-state index in [0.717, 1.165) is 0 Å². The Morgan fingerprint density at radius 1 is 0.865 bits per heavy atom. The molecule has 0 spiro atoms. The van der Waals surface area contributed by atoms with Crippen molar-refractivity contribution in [3.63, 3.8) is 0 Å². The van der Waals surface area contributed by atoms with Gasteiger partial charge in [-0.3, -0.25) is 19.2 Å². The summed E-state index contributed by atoms with van der Waals surface area (Å²) in [4.78, 5) is 72.5. The molecule has 10 nitrogen and oxygen atoms in total. The molecule has 4 amide bonds. The van der Waals surface area contributed by atoms with Gasteiger partial charge in [0.1, 0.15) is 0 Å². The van der Waals surface area contributed by atoms with Gasteiger partial charge in [-0.25, -0.2) is 4.79 Å². The van der Waals surface area contributed by atoms with Crippen molar-refractivity contribution in [3.8, 4) is 0 Å². The van der Waals surface area contributed by atoms with Crippen LogP contribution in [0.3, 0.4) is 0 Å². The molecule has 2 rings (SSSR count). The number of carbonyl (C=O) groups is 5. The molecule has 0 unspecified atom stereocenters. The molecule has 37 heavy (non-hydrogen) atoms. The molecule has 0 aromatic rings. The molecule has 0 N–H and O–H groups in total. The molecule has 2 aliphatic heterocycles. The van der Waals surface area contributed by atoms with Crippen molar-refractivity contribution < 1.29 is 28.8 Å². The van der Waals surface area contributed by atoms with Crippen molar-refractivity contribution in [2.45, 2.75) is 104 Å². The summed E-state index contributed by atoms with van der Waals surface area (Å²) in [6.07, 6.45) is 2.82. The fraction of sp³-hybridized carbons (Fsp3) is 0.815. The molecule has 2 saturated heterocycles. The van der Waals surface area contributed by atoms with Gasteiger partial charge >= 0.3 is 5.97 Å². The fourth-order valence-corrected chi connectivity index (χ4v) is 4.96. The Balaban J connectivity index is 1.92. The number of nitrogens with zero attached hydrogens (tertiary/aromatic N) is 4. The maximum atomic E-state index is 12.9. The molecular weight excluding hydrogens is 476 g/mol. The van der Waals surface area contributed by atoms with Gasteiger partial charge in [-0.2, -0.15) is 0 Å². The highest BCUT2D eigenvalue weighted by atomic mass is 16.7. The van der Waals surface area contributed by atoms with E-state index in [0.29, 0.717) is 69.9 Å². The van der Waals surface area contributed by atoms with Crippen LogP contribution in [0.15, 0.2) is 0 Å². The van der Waals surface area contributed by atoms with E-state index in [9.17, 15) is 24.0 Å². The van der Waals surface area contributed by atoms with Crippen LogP contribution in [0.2, 0.25) is 0 Å². The lowest BCUT2D eigenvalue weighted by atomic mass is 9.94. The van der Waals surface area contributed by atoms with Gasteiger partial charge in [-0.05, 0) is 67.0 Å². The van der Waals surface area contributed by atoms with Gasteiger partial charge in [0.05, 0.1) is 5.92 Å². The number of hydroxylamine groups is 2. The Bertz CT molecular complexity index is 841. The van der Waals surface area contributed by atoms with E-state index in [1.165, 1.54) is 0 Å². The fourth-order valence-electron chi connectivity index (χ4n) is 4.96. The Labute approximate surface area is 221 Å². The summed E-state index contributed by atoms with van der Waals surface area (Å²) in [5.41, 5.74) is -0.717. The second-order valence-electron chi connectivity index (χ2n) is 11.6. The normalized spacial score (nSPS) is 17.8. The minimum absolute atomic E-state index is 0.0764. The standard InChI is InChI=1S/C27H46N4O6/c1-8-21(32)29(26(3,4)5)17-14-27(6,7)30(22(33)9-2)19-18-28-15-12-20(13-16-28)25(36)37-31-23(34)10-11-24(31)35/h20H,8-19H2,1-7H3. The summed E-state index contributed by atoms with van der Waals surface area (Å²) < 4.78 is 0. The van der Waals surface area contributed by atoms with E-state index in [2.05, 4.69) is 18.7 Å². The number of piperidine rings is 1. The maximum Gasteiger partial charge on any atom is 0.336 e. The van der Waals surface area contributed by atoms with Crippen molar-refractivity contribution in [1.29, 1.82) is 0 Å². The topological polar surface area (TPSA) is 108 Å². The first-order valence-corrected chi connectivity index (χ1v) is 13.6. The second-order valence-corrected chi connectivity index (χ2v) is 11.6. The first kappa shape index (κ1) is 30.7. The molecule has 2 heterocycles. The zero-order valence-electron chi connectivity index (χ0n) is 23.8. The van der Waals surface area contributed by atoms with Crippen LogP contribution in [-0.4, -0.2) is 93.2 Å². The van der Waals surface area contributed by atoms with Gasteiger partial charge in [0.2, 0.25) is 11.8 Å². The van der Waals surface area contributed by atoms with Gasteiger partial charge < -0.3 is 19.5 Å². The number of hydrogen-bond acceptors (Lipinski definition) is 7. The summed E-state index contributed by atoms with van der Waals surface area (Å²) >= 11 is 0. The molecular formula is C27H46N4O6. The first-order valence-electron chi connectivity index (χ1n) is 13.6. The van der Waals surface area contributed by atoms with Gasteiger partial charge in [0, 0.05) is 56.4 Å². The number of hydrogen-bond donors (Lipinski definition) is 0.